The van der Waals surface area contributed by atoms with Crippen LogP contribution in [-0.4, -0.2) is 27.8 Å². The van der Waals surface area contributed by atoms with E-state index in [0.717, 1.165) is 38.5 Å². The maximum atomic E-state index is 12.6. The molecule has 0 fully saturated rings. The number of aryl methyl sites for hydroxylation is 3. The lowest BCUT2D eigenvalue weighted by Crippen LogP contribution is -2.09. The van der Waals surface area contributed by atoms with Crippen LogP contribution in [-0.2, 0) is 7.05 Å². The van der Waals surface area contributed by atoms with Crippen molar-refractivity contribution in [2.24, 2.45) is 7.05 Å². The number of carbonyl (C=O) groups excluding carboxylic acids is 1. The first-order valence-corrected chi connectivity index (χ1v) is 10.0. The maximum absolute atomic E-state index is 12.6. The topological polar surface area (TPSA) is 69.0 Å². The molecule has 0 aliphatic heterocycles. The Morgan fingerprint density at radius 3 is 2.81 bits per heavy atom. The number of thiophene rings is 1. The number of hydrogen-bond acceptors (Lipinski definition) is 6. The van der Waals surface area contributed by atoms with E-state index in [9.17, 15) is 4.79 Å². The molecule has 0 saturated heterocycles. The van der Waals surface area contributed by atoms with Gasteiger partial charge in [0, 0.05) is 23.4 Å². The minimum Gasteiger partial charge on any atom is -0.496 e. The van der Waals surface area contributed by atoms with E-state index in [1.165, 1.54) is 22.7 Å². The summed E-state index contributed by atoms with van der Waals surface area (Å²) in [4.78, 5) is 18.8. The van der Waals surface area contributed by atoms with Gasteiger partial charge in [0.05, 0.1) is 23.4 Å². The molecule has 4 rings (SSSR count). The maximum Gasteiger partial charge on any atom is 0.267 e. The van der Waals surface area contributed by atoms with Gasteiger partial charge in [-0.25, -0.2) is 4.98 Å². The van der Waals surface area contributed by atoms with Crippen LogP contribution in [0.2, 0.25) is 0 Å². The Kier molecular flexibility index (Phi) is 4.45. The Bertz CT molecular complexity index is 1120. The first-order valence-electron chi connectivity index (χ1n) is 8.31. The van der Waals surface area contributed by atoms with E-state index in [4.69, 9.17) is 4.74 Å². The third-order valence-corrected chi connectivity index (χ3v) is 6.23. The van der Waals surface area contributed by atoms with Crippen LogP contribution in [0.3, 0.4) is 0 Å². The molecule has 27 heavy (non-hydrogen) atoms. The van der Waals surface area contributed by atoms with Crippen LogP contribution < -0.4 is 10.1 Å². The molecule has 8 heteroatoms. The third kappa shape index (κ3) is 3.22. The zero-order valence-electron chi connectivity index (χ0n) is 15.4. The molecule has 3 heterocycles. The molecule has 4 aromatic rings. The monoisotopic (exact) mass is 398 g/mol. The summed E-state index contributed by atoms with van der Waals surface area (Å²) in [6.07, 6.45) is 0. The van der Waals surface area contributed by atoms with Crippen LogP contribution in [0.15, 0.2) is 29.6 Å². The van der Waals surface area contributed by atoms with E-state index in [0.29, 0.717) is 10.0 Å². The Morgan fingerprint density at radius 2 is 2.07 bits per heavy atom. The van der Waals surface area contributed by atoms with Crippen molar-refractivity contribution in [3.05, 3.63) is 45.8 Å². The number of ether oxygens (including phenoxy) is 1. The van der Waals surface area contributed by atoms with Crippen molar-refractivity contribution in [2.75, 3.05) is 12.4 Å². The second-order valence-electron chi connectivity index (χ2n) is 6.23. The minimum atomic E-state index is -0.160. The van der Waals surface area contributed by atoms with Gasteiger partial charge >= 0.3 is 0 Å². The zero-order chi connectivity index (χ0) is 19.1. The van der Waals surface area contributed by atoms with Gasteiger partial charge in [-0.1, -0.05) is 11.6 Å². The van der Waals surface area contributed by atoms with Crippen molar-refractivity contribution in [2.45, 2.75) is 13.8 Å². The summed E-state index contributed by atoms with van der Waals surface area (Å²) in [6, 6.07) is 7.84. The number of benzene rings is 1. The van der Waals surface area contributed by atoms with Crippen molar-refractivity contribution in [3.63, 3.8) is 0 Å². The molecule has 1 N–H and O–H groups in total. The van der Waals surface area contributed by atoms with Gasteiger partial charge in [-0.15, -0.1) is 22.7 Å². The SMILES string of the molecule is COc1ccc(C)cc1-c1csc(NC(=O)c2cc3c(C)nn(C)c3s2)n1. The highest BCUT2D eigenvalue weighted by Gasteiger charge is 2.17. The lowest BCUT2D eigenvalue weighted by atomic mass is 10.1. The summed E-state index contributed by atoms with van der Waals surface area (Å²) in [6.45, 7) is 3.97. The standard InChI is InChI=1S/C19H18N4O2S2/c1-10-5-6-15(25-4)13(7-10)14-9-26-19(20-14)21-17(24)16-8-12-11(2)22-23(3)18(12)27-16/h5-9H,1-4H3,(H,20,21,24). The van der Waals surface area contributed by atoms with Gasteiger partial charge in [0.2, 0.25) is 0 Å². The van der Waals surface area contributed by atoms with Crippen molar-refractivity contribution in [3.8, 4) is 17.0 Å². The summed E-state index contributed by atoms with van der Waals surface area (Å²) >= 11 is 2.82. The zero-order valence-corrected chi connectivity index (χ0v) is 17.0. The molecular weight excluding hydrogens is 380 g/mol. The van der Waals surface area contributed by atoms with Gasteiger partial charge in [-0.2, -0.15) is 5.10 Å². The highest BCUT2D eigenvalue weighted by atomic mass is 32.1. The quantitative estimate of drug-likeness (QED) is 0.544. The molecule has 0 unspecified atom stereocenters. The van der Waals surface area contributed by atoms with Crippen LogP contribution in [0.4, 0.5) is 5.13 Å². The second kappa shape index (κ2) is 6.79. The molecule has 6 nitrogen and oxygen atoms in total. The van der Waals surface area contributed by atoms with Crippen LogP contribution >= 0.6 is 22.7 Å². The summed E-state index contributed by atoms with van der Waals surface area (Å²) in [5.74, 6) is 0.601. The number of anilines is 1. The van der Waals surface area contributed by atoms with Crippen LogP contribution in [0.5, 0.6) is 5.75 Å². The molecule has 1 amide bonds. The normalized spacial score (nSPS) is 11.1. The lowest BCUT2D eigenvalue weighted by molar-refractivity contribution is 0.103. The highest BCUT2D eigenvalue weighted by molar-refractivity contribution is 7.20. The van der Waals surface area contributed by atoms with Gasteiger partial charge in [0.1, 0.15) is 10.6 Å². The molecular formula is C19H18N4O2S2. The smallest absolute Gasteiger partial charge is 0.267 e. The number of aromatic nitrogens is 3. The largest absolute Gasteiger partial charge is 0.496 e. The predicted molar refractivity (Wildman–Crippen MR) is 110 cm³/mol. The molecule has 0 spiro atoms. The van der Waals surface area contributed by atoms with Crippen molar-refractivity contribution in [1.29, 1.82) is 0 Å². The number of amides is 1. The molecule has 1 aromatic carbocycles. The second-order valence-corrected chi connectivity index (χ2v) is 8.12. The van der Waals surface area contributed by atoms with Crippen molar-refractivity contribution < 1.29 is 9.53 Å². The molecule has 0 bridgehead atoms. The molecule has 0 aliphatic carbocycles. The average molecular weight is 399 g/mol. The average Bonchev–Trinajstić information content (AvgIpc) is 3.33. The Labute approximate surface area is 164 Å². The van der Waals surface area contributed by atoms with Gasteiger partial charge in [-0.05, 0) is 32.0 Å². The van der Waals surface area contributed by atoms with Crippen LogP contribution in [0.25, 0.3) is 21.5 Å². The third-order valence-electron chi connectivity index (χ3n) is 4.28. The number of hydrogen-bond donors (Lipinski definition) is 1. The molecule has 0 atom stereocenters. The first-order chi connectivity index (χ1) is 13.0. The number of thiazole rings is 1. The van der Waals surface area contributed by atoms with E-state index in [-0.39, 0.29) is 5.91 Å². The fourth-order valence-corrected chi connectivity index (χ4v) is 4.68. The number of fused-ring (bicyclic) bond motifs is 1. The predicted octanol–water partition coefficient (Wildman–Crippen LogP) is 4.64. The molecule has 0 aliphatic rings. The first kappa shape index (κ1) is 17.7. The van der Waals surface area contributed by atoms with Gasteiger partial charge < -0.3 is 4.74 Å². The van der Waals surface area contributed by atoms with E-state index in [1.807, 2.05) is 50.5 Å². The Balaban J connectivity index is 1.59. The van der Waals surface area contributed by atoms with Gasteiger partial charge in [-0.3, -0.25) is 14.8 Å². The van der Waals surface area contributed by atoms with Crippen molar-refractivity contribution in [1.82, 2.24) is 14.8 Å². The van der Waals surface area contributed by atoms with E-state index in [1.54, 1.807) is 11.8 Å². The van der Waals surface area contributed by atoms with E-state index in [2.05, 4.69) is 15.4 Å². The fourth-order valence-electron chi connectivity index (χ4n) is 2.95. The van der Waals surface area contributed by atoms with E-state index < -0.39 is 0 Å². The number of methoxy groups -OCH3 is 1. The highest BCUT2D eigenvalue weighted by Crippen LogP contribution is 2.33. The minimum absolute atomic E-state index is 0.160. The van der Waals surface area contributed by atoms with Crippen LogP contribution in [0, 0.1) is 13.8 Å². The van der Waals surface area contributed by atoms with Gasteiger partial charge in [0.15, 0.2) is 5.13 Å². The molecule has 138 valence electrons. The van der Waals surface area contributed by atoms with Crippen molar-refractivity contribution >= 4 is 43.9 Å². The van der Waals surface area contributed by atoms with E-state index >= 15 is 0 Å². The molecule has 3 aromatic heterocycles. The Morgan fingerprint density at radius 1 is 1.26 bits per heavy atom. The summed E-state index contributed by atoms with van der Waals surface area (Å²) < 4.78 is 7.24. The summed E-state index contributed by atoms with van der Waals surface area (Å²) in [5, 5.41) is 10.8. The molecule has 0 radical (unpaired) electrons. The number of rotatable bonds is 4. The number of nitrogens with zero attached hydrogens (tertiary/aromatic N) is 3. The number of nitrogens with one attached hydrogen (secondary N) is 1. The fraction of sp³-hybridized carbons (Fsp3) is 0.211. The summed E-state index contributed by atoms with van der Waals surface area (Å²) in [7, 11) is 3.53. The van der Waals surface area contributed by atoms with Crippen LogP contribution in [0.1, 0.15) is 20.9 Å². The summed E-state index contributed by atoms with van der Waals surface area (Å²) in [5.41, 5.74) is 3.74. The number of carbonyl (C=O) groups is 1. The molecule has 0 saturated carbocycles. The van der Waals surface area contributed by atoms with Gasteiger partial charge in [0.25, 0.3) is 5.91 Å². The Hall–Kier alpha value is -2.71. The lowest BCUT2D eigenvalue weighted by Gasteiger charge is -2.07.